The first-order chi connectivity index (χ1) is 9.93. The number of carbonyl (C=O) groups excluding carboxylic acids is 1. The summed E-state index contributed by atoms with van der Waals surface area (Å²) in [5.41, 5.74) is -0.749. The molecule has 0 aromatic heterocycles. The van der Waals surface area contributed by atoms with E-state index in [4.69, 9.17) is 0 Å². The van der Waals surface area contributed by atoms with Crippen LogP contribution < -0.4 is 5.32 Å². The molecule has 0 bridgehead atoms. The molecule has 21 heavy (non-hydrogen) atoms. The van der Waals surface area contributed by atoms with Gasteiger partial charge in [0.2, 0.25) is 0 Å². The summed E-state index contributed by atoms with van der Waals surface area (Å²) in [6.45, 7) is 6.14. The molecule has 1 heterocycles. The van der Waals surface area contributed by atoms with Crippen LogP contribution in [0.25, 0.3) is 0 Å². The second kappa shape index (κ2) is 6.67. The standard InChI is InChI=1S/C16H28N2O3/c1-12-8-13(2)10-18(9-12)15(21)17-11-16(14(19)20)6-4-3-5-7-16/h12-13H,3-11H2,1-2H3,(H,17,21)(H,19,20). The van der Waals surface area contributed by atoms with Crippen LogP contribution in [0.5, 0.6) is 0 Å². The topological polar surface area (TPSA) is 69.6 Å². The van der Waals surface area contributed by atoms with E-state index in [0.717, 1.165) is 38.8 Å². The number of carboxylic acids is 1. The van der Waals surface area contributed by atoms with Crippen molar-refractivity contribution in [3.8, 4) is 0 Å². The Morgan fingerprint density at radius 2 is 1.71 bits per heavy atom. The Labute approximate surface area is 127 Å². The smallest absolute Gasteiger partial charge is 0.317 e. The minimum Gasteiger partial charge on any atom is -0.481 e. The van der Waals surface area contributed by atoms with Crippen molar-refractivity contribution in [3.63, 3.8) is 0 Å². The lowest BCUT2D eigenvalue weighted by Crippen LogP contribution is -2.51. The third-order valence-electron chi connectivity index (χ3n) is 5.00. The van der Waals surface area contributed by atoms with Crippen molar-refractivity contribution in [2.45, 2.75) is 52.4 Å². The highest BCUT2D eigenvalue weighted by Crippen LogP contribution is 2.36. The van der Waals surface area contributed by atoms with Gasteiger partial charge in [-0.05, 0) is 31.1 Å². The summed E-state index contributed by atoms with van der Waals surface area (Å²) in [6, 6.07) is -0.0976. The maximum Gasteiger partial charge on any atom is 0.317 e. The molecule has 2 aliphatic rings. The zero-order valence-corrected chi connectivity index (χ0v) is 13.2. The Kier molecular flexibility index (Phi) is 5.12. The van der Waals surface area contributed by atoms with Crippen molar-refractivity contribution < 1.29 is 14.7 Å². The van der Waals surface area contributed by atoms with Crippen LogP contribution in [0.15, 0.2) is 0 Å². The van der Waals surface area contributed by atoms with Gasteiger partial charge < -0.3 is 15.3 Å². The second-order valence-electron chi connectivity index (χ2n) is 7.16. The SMILES string of the molecule is CC1CC(C)CN(C(=O)NCC2(C(=O)O)CCCCC2)C1. The maximum absolute atomic E-state index is 12.3. The number of piperidine rings is 1. The number of hydrogen-bond acceptors (Lipinski definition) is 2. The van der Waals surface area contributed by atoms with Crippen LogP contribution in [0.2, 0.25) is 0 Å². The minimum atomic E-state index is -0.761. The third-order valence-corrected chi connectivity index (χ3v) is 5.00. The lowest BCUT2D eigenvalue weighted by Gasteiger charge is -2.37. The van der Waals surface area contributed by atoms with E-state index in [9.17, 15) is 14.7 Å². The van der Waals surface area contributed by atoms with Gasteiger partial charge in [-0.15, -0.1) is 0 Å². The molecular formula is C16H28N2O3. The predicted molar refractivity (Wildman–Crippen MR) is 81.1 cm³/mol. The first kappa shape index (κ1) is 16.1. The molecule has 2 fully saturated rings. The summed E-state index contributed by atoms with van der Waals surface area (Å²) in [6.07, 6.45) is 5.50. The van der Waals surface area contributed by atoms with Crippen LogP contribution in [-0.2, 0) is 4.79 Å². The third kappa shape index (κ3) is 3.89. The summed E-state index contributed by atoms with van der Waals surface area (Å²) < 4.78 is 0. The van der Waals surface area contributed by atoms with E-state index in [0.29, 0.717) is 24.7 Å². The molecule has 2 amide bonds. The van der Waals surface area contributed by atoms with Gasteiger partial charge in [0, 0.05) is 19.6 Å². The highest BCUT2D eigenvalue weighted by Gasteiger charge is 2.40. The number of hydrogen-bond donors (Lipinski definition) is 2. The summed E-state index contributed by atoms with van der Waals surface area (Å²) >= 11 is 0. The van der Waals surface area contributed by atoms with E-state index in [-0.39, 0.29) is 12.6 Å². The predicted octanol–water partition coefficient (Wildman–Crippen LogP) is 2.71. The largest absolute Gasteiger partial charge is 0.481 e. The van der Waals surface area contributed by atoms with E-state index in [1.807, 2.05) is 4.90 Å². The Balaban J connectivity index is 1.91. The van der Waals surface area contributed by atoms with Crippen molar-refractivity contribution in [1.82, 2.24) is 10.2 Å². The molecule has 1 saturated carbocycles. The summed E-state index contributed by atoms with van der Waals surface area (Å²) in [7, 11) is 0. The van der Waals surface area contributed by atoms with E-state index < -0.39 is 11.4 Å². The average molecular weight is 296 g/mol. The van der Waals surface area contributed by atoms with Gasteiger partial charge in [0.15, 0.2) is 0 Å². The van der Waals surface area contributed by atoms with Crippen molar-refractivity contribution >= 4 is 12.0 Å². The van der Waals surface area contributed by atoms with Crippen LogP contribution in [0, 0.1) is 17.3 Å². The van der Waals surface area contributed by atoms with Crippen LogP contribution in [0.4, 0.5) is 4.79 Å². The number of carbonyl (C=O) groups is 2. The molecule has 0 aromatic rings. The van der Waals surface area contributed by atoms with Crippen LogP contribution in [-0.4, -0.2) is 41.6 Å². The quantitative estimate of drug-likeness (QED) is 0.841. The molecule has 120 valence electrons. The molecule has 1 saturated heterocycles. The highest BCUT2D eigenvalue weighted by atomic mass is 16.4. The Hall–Kier alpha value is -1.26. The number of amides is 2. The minimum absolute atomic E-state index is 0.0976. The van der Waals surface area contributed by atoms with Crippen molar-refractivity contribution in [3.05, 3.63) is 0 Å². The van der Waals surface area contributed by atoms with Gasteiger partial charge in [0.25, 0.3) is 0 Å². The molecule has 0 spiro atoms. The molecule has 2 unspecified atom stereocenters. The van der Waals surface area contributed by atoms with Crippen LogP contribution in [0.1, 0.15) is 52.4 Å². The van der Waals surface area contributed by atoms with Crippen molar-refractivity contribution in [1.29, 1.82) is 0 Å². The van der Waals surface area contributed by atoms with Gasteiger partial charge in [0.1, 0.15) is 0 Å². The zero-order valence-electron chi connectivity index (χ0n) is 13.2. The lowest BCUT2D eigenvalue weighted by molar-refractivity contribution is -0.150. The van der Waals surface area contributed by atoms with Gasteiger partial charge in [-0.2, -0.15) is 0 Å². The number of likely N-dealkylation sites (tertiary alicyclic amines) is 1. The second-order valence-corrected chi connectivity index (χ2v) is 7.16. The van der Waals surface area contributed by atoms with Crippen LogP contribution >= 0.6 is 0 Å². The highest BCUT2D eigenvalue weighted by molar-refractivity contribution is 5.78. The number of urea groups is 1. The van der Waals surface area contributed by atoms with Gasteiger partial charge in [-0.1, -0.05) is 33.1 Å². The fourth-order valence-corrected chi connectivity index (χ4v) is 3.88. The molecule has 0 aromatic carbocycles. The van der Waals surface area contributed by atoms with Crippen LogP contribution in [0.3, 0.4) is 0 Å². The molecule has 1 aliphatic carbocycles. The summed E-state index contributed by atoms with van der Waals surface area (Å²) in [5, 5.41) is 12.4. The average Bonchev–Trinajstić information content (AvgIpc) is 2.44. The number of rotatable bonds is 3. The van der Waals surface area contributed by atoms with Crippen molar-refractivity contribution in [2.24, 2.45) is 17.3 Å². The first-order valence-electron chi connectivity index (χ1n) is 8.19. The molecule has 5 heteroatoms. The molecule has 2 N–H and O–H groups in total. The fourth-order valence-electron chi connectivity index (χ4n) is 3.88. The summed E-state index contributed by atoms with van der Waals surface area (Å²) in [4.78, 5) is 25.8. The van der Waals surface area contributed by atoms with Gasteiger partial charge >= 0.3 is 12.0 Å². The maximum atomic E-state index is 12.3. The molecular weight excluding hydrogens is 268 g/mol. The Morgan fingerprint density at radius 1 is 1.14 bits per heavy atom. The molecule has 0 radical (unpaired) electrons. The normalized spacial score (nSPS) is 29.0. The fraction of sp³-hybridized carbons (Fsp3) is 0.875. The Bertz CT molecular complexity index is 381. The van der Waals surface area contributed by atoms with E-state index in [1.54, 1.807) is 0 Å². The molecule has 2 atom stereocenters. The number of nitrogens with one attached hydrogen (secondary N) is 1. The zero-order chi connectivity index (χ0) is 15.5. The van der Waals surface area contributed by atoms with E-state index >= 15 is 0 Å². The van der Waals surface area contributed by atoms with E-state index in [1.165, 1.54) is 0 Å². The number of nitrogens with zero attached hydrogens (tertiary/aromatic N) is 1. The van der Waals surface area contributed by atoms with E-state index in [2.05, 4.69) is 19.2 Å². The lowest BCUT2D eigenvalue weighted by atomic mass is 9.74. The first-order valence-corrected chi connectivity index (χ1v) is 8.19. The Morgan fingerprint density at radius 3 is 2.24 bits per heavy atom. The van der Waals surface area contributed by atoms with Gasteiger partial charge in [-0.3, -0.25) is 4.79 Å². The number of carboxylic acid groups (broad SMARTS) is 1. The number of aliphatic carboxylic acids is 1. The molecule has 2 rings (SSSR count). The molecule has 1 aliphatic heterocycles. The molecule has 5 nitrogen and oxygen atoms in total. The van der Waals surface area contributed by atoms with Gasteiger partial charge in [-0.25, -0.2) is 4.79 Å². The van der Waals surface area contributed by atoms with Crippen molar-refractivity contribution in [2.75, 3.05) is 19.6 Å². The monoisotopic (exact) mass is 296 g/mol. The summed E-state index contributed by atoms with van der Waals surface area (Å²) in [5.74, 6) is 0.271. The van der Waals surface area contributed by atoms with Gasteiger partial charge in [0.05, 0.1) is 5.41 Å².